The molecule has 0 bridgehead atoms. The average molecular weight is 253 g/mol. The summed E-state index contributed by atoms with van der Waals surface area (Å²) >= 11 is 3.44. The molecular weight excluding hydrogens is 240 g/mol. The van der Waals surface area contributed by atoms with E-state index in [0.29, 0.717) is 0 Å². The lowest BCUT2D eigenvalue weighted by Gasteiger charge is -2.21. The third-order valence-corrected chi connectivity index (χ3v) is 2.92. The zero-order valence-electron chi connectivity index (χ0n) is 8.20. The van der Waals surface area contributed by atoms with Crippen molar-refractivity contribution in [3.63, 3.8) is 0 Å². The molecule has 0 fully saturated rings. The first-order valence-corrected chi connectivity index (χ1v) is 5.53. The van der Waals surface area contributed by atoms with Gasteiger partial charge in [-0.3, -0.25) is 4.98 Å². The maximum Gasteiger partial charge on any atom is 0.0410 e. The Labute approximate surface area is 92.8 Å². The molecule has 0 unspecified atom stereocenters. The van der Waals surface area contributed by atoms with Crippen molar-refractivity contribution in [2.75, 3.05) is 20.1 Å². The fourth-order valence-corrected chi connectivity index (χ4v) is 1.99. The highest BCUT2D eigenvalue weighted by Crippen LogP contribution is 2.23. The molecule has 0 N–H and O–H groups in total. The van der Waals surface area contributed by atoms with Crippen molar-refractivity contribution in [3.8, 4) is 0 Å². The maximum atomic E-state index is 4.18. The largest absolute Gasteiger partial charge is 0.302 e. The summed E-state index contributed by atoms with van der Waals surface area (Å²) in [6, 6.07) is 2.13. The highest BCUT2D eigenvalue weighted by atomic mass is 79.9. The Hall–Kier alpha value is -0.670. The number of halogens is 1. The fraction of sp³-hybridized carbons (Fsp3) is 0.364. The van der Waals surface area contributed by atoms with Gasteiger partial charge in [-0.05, 0) is 46.6 Å². The number of hydrogen-bond donors (Lipinski definition) is 0. The van der Waals surface area contributed by atoms with Crippen LogP contribution in [0.2, 0.25) is 0 Å². The molecule has 2 rings (SSSR count). The van der Waals surface area contributed by atoms with Crippen LogP contribution in [-0.4, -0.2) is 30.0 Å². The van der Waals surface area contributed by atoms with Crippen LogP contribution in [0.1, 0.15) is 12.0 Å². The Kier molecular flexibility index (Phi) is 2.99. The zero-order chi connectivity index (χ0) is 9.97. The van der Waals surface area contributed by atoms with Gasteiger partial charge >= 0.3 is 0 Å². The third kappa shape index (κ3) is 2.22. The van der Waals surface area contributed by atoms with Gasteiger partial charge in [0.05, 0.1) is 0 Å². The van der Waals surface area contributed by atoms with E-state index in [2.05, 4.69) is 45.0 Å². The molecule has 0 atom stereocenters. The number of likely N-dealkylation sites (N-methyl/N-ethyl adjacent to an activating group) is 1. The van der Waals surface area contributed by atoms with Crippen LogP contribution in [0.15, 0.2) is 29.0 Å². The van der Waals surface area contributed by atoms with Crippen molar-refractivity contribution in [1.29, 1.82) is 0 Å². The second-order valence-corrected chi connectivity index (χ2v) is 4.55. The maximum absolute atomic E-state index is 4.18. The molecule has 0 spiro atoms. The number of pyridine rings is 1. The van der Waals surface area contributed by atoms with E-state index in [4.69, 9.17) is 0 Å². The molecule has 14 heavy (non-hydrogen) atoms. The van der Waals surface area contributed by atoms with E-state index in [-0.39, 0.29) is 0 Å². The number of nitrogens with zero attached hydrogens (tertiary/aromatic N) is 2. The molecule has 74 valence electrons. The van der Waals surface area contributed by atoms with Gasteiger partial charge in [0.1, 0.15) is 0 Å². The topological polar surface area (TPSA) is 16.1 Å². The van der Waals surface area contributed by atoms with E-state index in [0.717, 1.165) is 24.0 Å². The van der Waals surface area contributed by atoms with E-state index < -0.39 is 0 Å². The Morgan fingerprint density at radius 3 is 2.93 bits per heavy atom. The van der Waals surface area contributed by atoms with Crippen molar-refractivity contribution in [2.24, 2.45) is 0 Å². The summed E-state index contributed by atoms with van der Waals surface area (Å²) in [6.07, 6.45) is 7.16. The molecule has 0 aliphatic carbocycles. The first-order valence-electron chi connectivity index (χ1n) is 4.74. The van der Waals surface area contributed by atoms with E-state index in [9.17, 15) is 0 Å². The Balaban J connectivity index is 2.23. The summed E-state index contributed by atoms with van der Waals surface area (Å²) in [6.45, 7) is 2.18. The lowest BCUT2D eigenvalue weighted by Crippen LogP contribution is -2.23. The van der Waals surface area contributed by atoms with Gasteiger partial charge in [0.25, 0.3) is 0 Å². The standard InChI is InChI=1S/C11H13BrN2/c1-14-4-2-9(3-5-14)10-6-11(12)8-13-7-10/h2,6-8H,3-5H2,1H3. The van der Waals surface area contributed by atoms with Gasteiger partial charge in [0.15, 0.2) is 0 Å². The summed E-state index contributed by atoms with van der Waals surface area (Å²) in [4.78, 5) is 6.49. The van der Waals surface area contributed by atoms with E-state index in [1.807, 2.05) is 12.4 Å². The molecule has 3 heteroatoms. The highest BCUT2D eigenvalue weighted by molar-refractivity contribution is 9.10. The van der Waals surface area contributed by atoms with Gasteiger partial charge in [-0.15, -0.1) is 0 Å². The second kappa shape index (κ2) is 4.24. The lowest BCUT2D eigenvalue weighted by molar-refractivity contribution is 0.370. The molecule has 0 saturated carbocycles. The first-order chi connectivity index (χ1) is 6.75. The van der Waals surface area contributed by atoms with Gasteiger partial charge in [-0.25, -0.2) is 0 Å². The summed E-state index contributed by atoms with van der Waals surface area (Å²) in [5.74, 6) is 0. The number of rotatable bonds is 1. The van der Waals surface area contributed by atoms with Gasteiger partial charge < -0.3 is 4.90 Å². The first kappa shape index (κ1) is 9.87. The van der Waals surface area contributed by atoms with Crippen LogP contribution in [0.5, 0.6) is 0 Å². The van der Waals surface area contributed by atoms with Crippen molar-refractivity contribution in [3.05, 3.63) is 34.6 Å². The molecule has 0 radical (unpaired) electrons. The SMILES string of the molecule is CN1CC=C(c2cncc(Br)c2)CC1. The van der Waals surface area contributed by atoms with E-state index >= 15 is 0 Å². The smallest absolute Gasteiger partial charge is 0.0410 e. The Morgan fingerprint density at radius 2 is 2.29 bits per heavy atom. The minimum absolute atomic E-state index is 1.04. The zero-order valence-corrected chi connectivity index (χ0v) is 9.79. The minimum Gasteiger partial charge on any atom is -0.302 e. The molecule has 2 nitrogen and oxygen atoms in total. The predicted octanol–water partition coefficient (Wildman–Crippen LogP) is 2.56. The van der Waals surface area contributed by atoms with Crippen LogP contribution in [0, 0.1) is 0 Å². The quantitative estimate of drug-likeness (QED) is 0.764. The van der Waals surface area contributed by atoms with Crippen LogP contribution in [0.4, 0.5) is 0 Å². The molecule has 1 aromatic rings. The van der Waals surface area contributed by atoms with Crippen molar-refractivity contribution in [2.45, 2.75) is 6.42 Å². The normalized spacial score (nSPS) is 18.0. The van der Waals surface area contributed by atoms with Crippen LogP contribution in [0.25, 0.3) is 5.57 Å². The molecule has 1 aliphatic heterocycles. The summed E-state index contributed by atoms with van der Waals surface area (Å²) in [5.41, 5.74) is 2.66. The highest BCUT2D eigenvalue weighted by Gasteiger charge is 2.09. The third-order valence-electron chi connectivity index (χ3n) is 2.49. The van der Waals surface area contributed by atoms with Gasteiger partial charge in [-0.2, -0.15) is 0 Å². The lowest BCUT2D eigenvalue weighted by atomic mass is 10.0. The number of hydrogen-bond acceptors (Lipinski definition) is 2. The summed E-state index contributed by atoms with van der Waals surface area (Å²) in [5, 5.41) is 0. The van der Waals surface area contributed by atoms with Crippen molar-refractivity contribution in [1.82, 2.24) is 9.88 Å². The van der Waals surface area contributed by atoms with Crippen LogP contribution in [-0.2, 0) is 0 Å². The van der Waals surface area contributed by atoms with Crippen molar-refractivity contribution >= 4 is 21.5 Å². The summed E-state index contributed by atoms with van der Waals surface area (Å²) in [7, 11) is 2.15. The minimum atomic E-state index is 1.04. The molecule has 0 saturated heterocycles. The molecule has 0 amide bonds. The molecule has 1 aliphatic rings. The van der Waals surface area contributed by atoms with Gasteiger partial charge in [0.2, 0.25) is 0 Å². The van der Waals surface area contributed by atoms with Crippen LogP contribution < -0.4 is 0 Å². The Bertz CT molecular complexity index is 360. The Morgan fingerprint density at radius 1 is 1.43 bits per heavy atom. The molecular formula is C11H13BrN2. The van der Waals surface area contributed by atoms with Crippen LogP contribution in [0.3, 0.4) is 0 Å². The number of aromatic nitrogens is 1. The van der Waals surface area contributed by atoms with E-state index in [1.165, 1.54) is 11.1 Å². The average Bonchev–Trinajstić information content (AvgIpc) is 2.19. The van der Waals surface area contributed by atoms with Crippen LogP contribution >= 0.6 is 15.9 Å². The molecule has 0 aromatic carbocycles. The monoisotopic (exact) mass is 252 g/mol. The summed E-state index contributed by atoms with van der Waals surface area (Å²) < 4.78 is 1.05. The molecule has 1 aromatic heterocycles. The fourth-order valence-electron chi connectivity index (χ4n) is 1.62. The van der Waals surface area contributed by atoms with Crippen molar-refractivity contribution < 1.29 is 0 Å². The second-order valence-electron chi connectivity index (χ2n) is 3.63. The predicted molar refractivity (Wildman–Crippen MR) is 62.0 cm³/mol. The van der Waals surface area contributed by atoms with Gasteiger partial charge in [-0.1, -0.05) is 6.08 Å². The van der Waals surface area contributed by atoms with Gasteiger partial charge in [0, 0.05) is 30.0 Å². The van der Waals surface area contributed by atoms with E-state index in [1.54, 1.807) is 0 Å². The molecule has 2 heterocycles.